The molecule has 39 heavy (non-hydrogen) atoms. The second-order valence-corrected chi connectivity index (χ2v) is 11.4. The SMILES string of the molecule is CN1CCN(C2CCN(c3cc(N)c(C=N)c4c5c(c(-c6ccc(N)c(C=N)c6)nc34)CCCC5)CC2)CC1. The van der Waals surface area contributed by atoms with Crippen molar-refractivity contribution in [1.82, 2.24) is 14.8 Å². The van der Waals surface area contributed by atoms with Crippen LogP contribution in [-0.4, -0.2) is 79.6 Å². The van der Waals surface area contributed by atoms with Gasteiger partial charge in [-0.15, -0.1) is 0 Å². The molecule has 8 nitrogen and oxygen atoms in total. The summed E-state index contributed by atoms with van der Waals surface area (Å²) in [6.45, 7) is 6.56. The third-order valence-electron chi connectivity index (χ3n) is 9.15. The van der Waals surface area contributed by atoms with Crippen LogP contribution in [0.15, 0.2) is 24.3 Å². The van der Waals surface area contributed by atoms with Gasteiger partial charge in [-0.1, -0.05) is 6.07 Å². The number of hydrogen-bond acceptors (Lipinski definition) is 8. The van der Waals surface area contributed by atoms with Gasteiger partial charge in [-0.05, 0) is 74.9 Å². The summed E-state index contributed by atoms with van der Waals surface area (Å²) < 4.78 is 0. The molecule has 2 fully saturated rings. The van der Waals surface area contributed by atoms with Gasteiger partial charge in [0.05, 0.1) is 16.9 Å². The Kier molecular flexibility index (Phi) is 6.99. The standard InChI is InChI=1S/C31H40N8/c1-37-12-14-38(15-13-37)22-8-10-39(11-9-22)28-17-27(35)25(19-33)29-23-4-2-3-5-24(23)30(36-31(28)29)20-6-7-26(34)21(16-20)18-32/h6-7,16-19,22,32-33H,2-5,8-15,34-35H2,1H3. The number of fused-ring (bicyclic) bond motifs is 3. The van der Waals surface area contributed by atoms with Gasteiger partial charge in [0.25, 0.3) is 0 Å². The lowest BCUT2D eigenvalue weighted by atomic mass is 9.84. The molecule has 8 heteroatoms. The fraction of sp³-hybridized carbons (Fsp3) is 0.452. The summed E-state index contributed by atoms with van der Waals surface area (Å²) in [5.41, 5.74) is 22.1. The number of nitrogens with zero attached hydrogens (tertiary/aromatic N) is 4. The van der Waals surface area contributed by atoms with Crippen molar-refractivity contribution in [2.75, 3.05) is 62.7 Å². The number of aromatic nitrogens is 1. The number of aryl methyl sites for hydroxylation is 1. The monoisotopic (exact) mass is 524 g/mol. The van der Waals surface area contributed by atoms with Gasteiger partial charge in [0.1, 0.15) is 0 Å². The molecule has 0 saturated carbocycles. The molecule has 6 rings (SSSR count). The molecule has 3 heterocycles. The van der Waals surface area contributed by atoms with Crippen LogP contribution in [0.2, 0.25) is 0 Å². The van der Waals surface area contributed by atoms with E-state index in [1.807, 2.05) is 18.2 Å². The van der Waals surface area contributed by atoms with Gasteiger partial charge < -0.3 is 32.1 Å². The van der Waals surface area contributed by atoms with Crippen molar-refractivity contribution in [2.24, 2.45) is 0 Å². The highest BCUT2D eigenvalue weighted by atomic mass is 15.3. The molecular weight excluding hydrogens is 484 g/mol. The Bertz CT molecular complexity index is 1410. The van der Waals surface area contributed by atoms with E-state index in [0.717, 1.165) is 111 Å². The Morgan fingerprint density at radius 3 is 2.28 bits per heavy atom. The topological polar surface area (TPSA) is 122 Å². The Labute approximate surface area is 231 Å². The summed E-state index contributed by atoms with van der Waals surface area (Å²) >= 11 is 0. The highest BCUT2D eigenvalue weighted by Crippen LogP contribution is 2.42. The highest BCUT2D eigenvalue weighted by Gasteiger charge is 2.30. The second-order valence-electron chi connectivity index (χ2n) is 11.4. The number of hydrogen-bond donors (Lipinski definition) is 4. The van der Waals surface area contributed by atoms with Crippen LogP contribution in [0.4, 0.5) is 17.1 Å². The van der Waals surface area contributed by atoms with Crippen molar-refractivity contribution in [1.29, 1.82) is 10.8 Å². The lowest BCUT2D eigenvalue weighted by Gasteiger charge is -2.42. The summed E-state index contributed by atoms with van der Waals surface area (Å²) in [5.74, 6) is 0. The number of anilines is 3. The molecule has 6 N–H and O–H groups in total. The van der Waals surface area contributed by atoms with Crippen molar-refractivity contribution in [3.05, 3.63) is 46.5 Å². The molecule has 1 aliphatic carbocycles. The maximum absolute atomic E-state index is 8.25. The van der Waals surface area contributed by atoms with Crippen LogP contribution in [0, 0.1) is 10.8 Å². The molecule has 2 aliphatic heterocycles. The normalized spacial score (nSPS) is 19.3. The lowest BCUT2D eigenvalue weighted by molar-refractivity contribution is 0.0982. The minimum Gasteiger partial charge on any atom is -0.398 e. The fourth-order valence-corrected chi connectivity index (χ4v) is 6.88. The van der Waals surface area contributed by atoms with E-state index < -0.39 is 0 Å². The van der Waals surface area contributed by atoms with Gasteiger partial charge in [0.2, 0.25) is 0 Å². The number of piperazine rings is 1. The first-order valence-corrected chi connectivity index (χ1v) is 14.3. The molecule has 0 amide bonds. The third kappa shape index (κ3) is 4.66. The Morgan fingerprint density at radius 2 is 1.59 bits per heavy atom. The van der Waals surface area contributed by atoms with Crippen LogP contribution in [0.25, 0.3) is 22.2 Å². The van der Waals surface area contributed by atoms with Gasteiger partial charge >= 0.3 is 0 Å². The summed E-state index contributed by atoms with van der Waals surface area (Å²) in [5, 5.41) is 17.1. The van der Waals surface area contributed by atoms with E-state index in [2.05, 4.69) is 27.8 Å². The Hall–Kier alpha value is -3.49. The Morgan fingerprint density at radius 1 is 0.872 bits per heavy atom. The average molecular weight is 525 g/mol. The molecule has 0 atom stereocenters. The predicted octanol–water partition coefficient (Wildman–Crippen LogP) is 4.16. The average Bonchev–Trinajstić information content (AvgIpc) is 2.97. The lowest BCUT2D eigenvalue weighted by Crippen LogP contribution is -2.52. The molecule has 0 unspecified atom stereocenters. The molecule has 0 bridgehead atoms. The van der Waals surface area contributed by atoms with Crippen molar-refractivity contribution < 1.29 is 0 Å². The molecule has 0 radical (unpaired) electrons. The first-order valence-electron chi connectivity index (χ1n) is 14.3. The molecule has 3 aliphatic rings. The van der Waals surface area contributed by atoms with Crippen LogP contribution in [0.3, 0.4) is 0 Å². The van der Waals surface area contributed by atoms with Gasteiger partial charge in [-0.25, -0.2) is 4.98 Å². The van der Waals surface area contributed by atoms with Crippen LogP contribution >= 0.6 is 0 Å². The van der Waals surface area contributed by atoms with Crippen LogP contribution in [0.1, 0.15) is 47.9 Å². The van der Waals surface area contributed by atoms with E-state index in [1.165, 1.54) is 23.6 Å². The molecule has 1 aromatic heterocycles. The van der Waals surface area contributed by atoms with E-state index in [-0.39, 0.29) is 0 Å². The summed E-state index contributed by atoms with van der Waals surface area (Å²) in [6.07, 6.45) is 9.15. The predicted molar refractivity (Wildman–Crippen MR) is 163 cm³/mol. The number of pyridine rings is 1. The van der Waals surface area contributed by atoms with Gasteiger partial charge in [-0.2, -0.15) is 0 Å². The molecule has 204 valence electrons. The fourth-order valence-electron chi connectivity index (χ4n) is 6.88. The number of likely N-dealkylation sites (N-methyl/N-ethyl adjacent to an activating group) is 1. The zero-order chi connectivity index (χ0) is 27.1. The largest absolute Gasteiger partial charge is 0.398 e. The Balaban J connectivity index is 1.45. The minimum absolute atomic E-state index is 0.603. The highest BCUT2D eigenvalue weighted by molar-refractivity contribution is 6.10. The number of piperidine rings is 1. The number of benzene rings is 2. The van der Waals surface area contributed by atoms with Crippen LogP contribution < -0.4 is 16.4 Å². The first kappa shape index (κ1) is 25.8. The zero-order valence-corrected chi connectivity index (χ0v) is 23.0. The van der Waals surface area contributed by atoms with Crippen molar-refractivity contribution in [3.63, 3.8) is 0 Å². The summed E-state index contributed by atoms with van der Waals surface area (Å²) in [7, 11) is 2.21. The summed E-state index contributed by atoms with van der Waals surface area (Å²) in [4.78, 5) is 12.9. The first-order chi connectivity index (χ1) is 19.0. The number of nitrogens with one attached hydrogen (secondary N) is 2. The van der Waals surface area contributed by atoms with Gasteiger partial charge in [-0.3, -0.25) is 4.90 Å². The quantitative estimate of drug-likeness (QED) is 0.294. The van der Waals surface area contributed by atoms with Crippen molar-refractivity contribution >= 4 is 40.4 Å². The van der Waals surface area contributed by atoms with E-state index >= 15 is 0 Å². The van der Waals surface area contributed by atoms with Crippen LogP contribution in [0.5, 0.6) is 0 Å². The number of nitrogen functional groups attached to an aromatic ring is 2. The zero-order valence-electron chi connectivity index (χ0n) is 23.0. The van der Waals surface area contributed by atoms with E-state index in [0.29, 0.717) is 23.0 Å². The second kappa shape index (κ2) is 10.6. The smallest absolute Gasteiger partial charge is 0.0953 e. The molecule has 3 aromatic rings. The molecule has 2 aromatic carbocycles. The molecule has 2 saturated heterocycles. The molecular formula is C31H40N8. The van der Waals surface area contributed by atoms with Gasteiger partial charge in [0, 0.05) is 91.2 Å². The summed E-state index contributed by atoms with van der Waals surface area (Å²) in [6, 6.07) is 8.58. The maximum atomic E-state index is 8.25. The van der Waals surface area contributed by atoms with Crippen LogP contribution in [-0.2, 0) is 12.8 Å². The third-order valence-corrected chi connectivity index (χ3v) is 9.15. The van der Waals surface area contributed by atoms with Crippen molar-refractivity contribution in [2.45, 2.75) is 44.6 Å². The van der Waals surface area contributed by atoms with Gasteiger partial charge in [0.15, 0.2) is 0 Å². The maximum Gasteiger partial charge on any atom is 0.0953 e. The minimum atomic E-state index is 0.603. The number of nitrogens with two attached hydrogens (primary N) is 2. The van der Waals surface area contributed by atoms with Crippen molar-refractivity contribution in [3.8, 4) is 11.3 Å². The van der Waals surface area contributed by atoms with E-state index in [9.17, 15) is 0 Å². The number of rotatable bonds is 5. The van der Waals surface area contributed by atoms with E-state index in [4.69, 9.17) is 27.3 Å². The molecule has 0 spiro atoms. The van der Waals surface area contributed by atoms with E-state index in [1.54, 1.807) is 0 Å².